The number of carbonyl (C=O) groups is 1. The molecule has 24 heavy (non-hydrogen) atoms. The summed E-state index contributed by atoms with van der Waals surface area (Å²) in [4.78, 5) is 16.4. The van der Waals surface area contributed by atoms with E-state index in [2.05, 4.69) is 15.4 Å². The lowest BCUT2D eigenvalue weighted by Crippen LogP contribution is -2.27. The normalized spacial score (nSPS) is 11.0. The Morgan fingerprint density at radius 3 is 3.17 bits per heavy atom. The van der Waals surface area contributed by atoms with Gasteiger partial charge in [-0.3, -0.25) is 9.48 Å². The predicted octanol–water partition coefficient (Wildman–Crippen LogP) is 3.18. The van der Waals surface area contributed by atoms with Crippen molar-refractivity contribution in [3.05, 3.63) is 60.1 Å². The average Bonchev–Trinajstić information content (AvgIpc) is 3.34. The molecule has 7 heteroatoms. The van der Waals surface area contributed by atoms with Gasteiger partial charge in [-0.1, -0.05) is 0 Å². The van der Waals surface area contributed by atoms with Gasteiger partial charge in [0.05, 0.1) is 40.3 Å². The van der Waals surface area contributed by atoms with Gasteiger partial charge in [0.2, 0.25) is 0 Å². The van der Waals surface area contributed by atoms with Gasteiger partial charge in [0, 0.05) is 18.3 Å². The Morgan fingerprint density at radius 1 is 1.33 bits per heavy atom. The van der Waals surface area contributed by atoms with Crippen LogP contribution in [0.3, 0.4) is 0 Å². The van der Waals surface area contributed by atoms with Crippen LogP contribution in [0.25, 0.3) is 21.5 Å². The third-order valence-corrected chi connectivity index (χ3v) is 4.45. The van der Waals surface area contributed by atoms with Crippen LogP contribution in [0.5, 0.6) is 0 Å². The number of nitrogens with one attached hydrogen (secondary N) is 1. The molecule has 0 fully saturated rings. The summed E-state index contributed by atoms with van der Waals surface area (Å²) in [5.74, 6) is 0.687. The van der Waals surface area contributed by atoms with E-state index in [1.54, 1.807) is 28.7 Å². The van der Waals surface area contributed by atoms with Gasteiger partial charge in [0.15, 0.2) is 0 Å². The summed E-state index contributed by atoms with van der Waals surface area (Å²) in [6, 6.07) is 9.25. The molecule has 4 rings (SSSR count). The van der Waals surface area contributed by atoms with E-state index in [0.29, 0.717) is 18.7 Å². The number of hydrogen-bond donors (Lipinski definition) is 1. The van der Waals surface area contributed by atoms with Crippen LogP contribution in [0.15, 0.2) is 58.9 Å². The number of rotatable bonds is 5. The number of hydrogen-bond acceptors (Lipinski definition) is 5. The first-order valence-electron chi connectivity index (χ1n) is 7.47. The molecule has 1 amide bonds. The van der Waals surface area contributed by atoms with Crippen molar-refractivity contribution in [3.8, 4) is 11.3 Å². The van der Waals surface area contributed by atoms with Crippen molar-refractivity contribution in [1.29, 1.82) is 0 Å². The summed E-state index contributed by atoms with van der Waals surface area (Å²) >= 11 is 1.53. The van der Waals surface area contributed by atoms with Crippen LogP contribution >= 0.6 is 11.3 Å². The van der Waals surface area contributed by atoms with Crippen molar-refractivity contribution in [2.24, 2.45) is 0 Å². The number of benzene rings is 1. The second-order valence-corrected chi connectivity index (χ2v) is 6.15. The number of aromatic nitrogens is 3. The van der Waals surface area contributed by atoms with Crippen molar-refractivity contribution in [1.82, 2.24) is 20.1 Å². The molecule has 0 saturated heterocycles. The Hall–Kier alpha value is -2.93. The van der Waals surface area contributed by atoms with E-state index in [0.717, 1.165) is 21.5 Å². The molecule has 0 unspecified atom stereocenters. The third-order valence-electron chi connectivity index (χ3n) is 3.66. The minimum Gasteiger partial charge on any atom is -0.464 e. The minimum atomic E-state index is -0.0938. The second kappa shape index (κ2) is 6.29. The molecular weight excluding hydrogens is 324 g/mol. The Morgan fingerprint density at radius 2 is 2.29 bits per heavy atom. The number of carbonyl (C=O) groups excluding carboxylic acids is 1. The maximum absolute atomic E-state index is 12.2. The van der Waals surface area contributed by atoms with E-state index in [-0.39, 0.29) is 5.91 Å². The highest BCUT2D eigenvalue weighted by Crippen LogP contribution is 2.19. The maximum Gasteiger partial charge on any atom is 0.251 e. The first kappa shape index (κ1) is 14.6. The van der Waals surface area contributed by atoms with Crippen molar-refractivity contribution < 1.29 is 9.21 Å². The number of fused-ring (bicyclic) bond motifs is 1. The summed E-state index contributed by atoms with van der Waals surface area (Å²) in [7, 11) is 0. The molecule has 6 nitrogen and oxygen atoms in total. The molecule has 120 valence electrons. The lowest BCUT2D eigenvalue weighted by Gasteiger charge is -2.05. The van der Waals surface area contributed by atoms with Crippen LogP contribution in [0.4, 0.5) is 0 Å². The van der Waals surface area contributed by atoms with Crippen molar-refractivity contribution in [2.75, 3.05) is 6.54 Å². The van der Waals surface area contributed by atoms with Crippen LogP contribution in [0.2, 0.25) is 0 Å². The highest BCUT2D eigenvalue weighted by atomic mass is 32.1. The molecule has 3 heterocycles. The summed E-state index contributed by atoms with van der Waals surface area (Å²) < 4.78 is 8.13. The number of thiazole rings is 1. The van der Waals surface area contributed by atoms with Crippen molar-refractivity contribution in [2.45, 2.75) is 6.54 Å². The molecule has 0 aliphatic carbocycles. The first-order chi connectivity index (χ1) is 11.8. The second-order valence-electron chi connectivity index (χ2n) is 5.26. The van der Waals surface area contributed by atoms with Crippen molar-refractivity contribution in [3.63, 3.8) is 0 Å². The maximum atomic E-state index is 12.2. The van der Waals surface area contributed by atoms with E-state index in [4.69, 9.17) is 4.42 Å². The molecule has 3 aromatic heterocycles. The average molecular weight is 338 g/mol. The van der Waals surface area contributed by atoms with E-state index in [9.17, 15) is 4.79 Å². The molecule has 0 saturated carbocycles. The molecule has 0 atom stereocenters. The van der Waals surface area contributed by atoms with Crippen LogP contribution < -0.4 is 5.32 Å². The molecule has 0 spiro atoms. The Labute approximate surface area is 141 Å². The smallest absolute Gasteiger partial charge is 0.251 e. The zero-order valence-electron chi connectivity index (χ0n) is 12.7. The van der Waals surface area contributed by atoms with E-state index >= 15 is 0 Å². The quantitative estimate of drug-likeness (QED) is 0.606. The molecule has 0 bridgehead atoms. The zero-order valence-corrected chi connectivity index (χ0v) is 13.5. The number of furan rings is 1. The topological polar surface area (TPSA) is 73.0 Å². The highest BCUT2D eigenvalue weighted by Gasteiger charge is 2.08. The minimum absolute atomic E-state index is 0.0938. The van der Waals surface area contributed by atoms with E-state index < -0.39 is 0 Å². The van der Waals surface area contributed by atoms with Crippen molar-refractivity contribution >= 4 is 27.5 Å². The number of nitrogens with zero attached hydrogens (tertiary/aromatic N) is 3. The molecule has 0 aliphatic rings. The fourth-order valence-corrected chi connectivity index (χ4v) is 3.15. The third kappa shape index (κ3) is 2.93. The molecule has 0 radical (unpaired) electrons. The summed E-state index contributed by atoms with van der Waals surface area (Å²) in [5.41, 5.74) is 4.25. The highest BCUT2D eigenvalue weighted by molar-refractivity contribution is 7.16. The van der Waals surface area contributed by atoms with E-state index in [1.807, 2.05) is 30.5 Å². The fraction of sp³-hybridized carbons (Fsp3) is 0.118. The Kier molecular flexibility index (Phi) is 3.84. The summed E-state index contributed by atoms with van der Waals surface area (Å²) in [6.07, 6.45) is 5.28. The number of amides is 1. The van der Waals surface area contributed by atoms with Gasteiger partial charge < -0.3 is 9.73 Å². The summed E-state index contributed by atoms with van der Waals surface area (Å²) in [6.45, 7) is 1.09. The molecule has 4 aromatic rings. The molecule has 1 aromatic carbocycles. The predicted molar refractivity (Wildman–Crippen MR) is 91.9 cm³/mol. The first-order valence-corrected chi connectivity index (χ1v) is 8.35. The summed E-state index contributed by atoms with van der Waals surface area (Å²) in [5, 5.41) is 7.18. The largest absolute Gasteiger partial charge is 0.464 e. The molecular formula is C17H14N4O2S. The SMILES string of the molecule is O=C(NCCn1cc(-c2ccco2)cn1)c1ccc2ncsc2c1. The lowest BCUT2D eigenvalue weighted by molar-refractivity contribution is 0.0952. The van der Waals surface area contributed by atoms with Gasteiger partial charge in [-0.25, -0.2) is 4.98 Å². The Balaban J connectivity index is 1.36. The van der Waals surface area contributed by atoms with Gasteiger partial charge in [-0.15, -0.1) is 11.3 Å². The van der Waals surface area contributed by atoms with Gasteiger partial charge >= 0.3 is 0 Å². The van der Waals surface area contributed by atoms with Gasteiger partial charge in [0.25, 0.3) is 5.91 Å². The van der Waals surface area contributed by atoms with Gasteiger partial charge in [0.1, 0.15) is 5.76 Å². The van der Waals surface area contributed by atoms with Crippen LogP contribution in [0, 0.1) is 0 Å². The van der Waals surface area contributed by atoms with Crippen LogP contribution in [-0.4, -0.2) is 27.2 Å². The van der Waals surface area contributed by atoms with Crippen LogP contribution in [-0.2, 0) is 6.54 Å². The van der Waals surface area contributed by atoms with Crippen LogP contribution in [0.1, 0.15) is 10.4 Å². The lowest BCUT2D eigenvalue weighted by atomic mass is 10.2. The standard InChI is InChI=1S/C17H14N4O2S/c22-17(12-3-4-14-16(8-12)24-11-19-14)18-5-6-21-10-13(9-20-21)15-2-1-7-23-15/h1-4,7-11H,5-6H2,(H,18,22). The Bertz CT molecular complexity index is 971. The fourth-order valence-electron chi connectivity index (χ4n) is 2.44. The van der Waals surface area contributed by atoms with Gasteiger partial charge in [-0.2, -0.15) is 5.10 Å². The monoisotopic (exact) mass is 338 g/mol. The zero-order chi connectivity index (χ0) is 16.4. The molecule has 0 aliphatic heterocycles. The van der Waals surface area contributed by atoms with E-state index in [1.165, 1.54) is 11.3 Å². The molecule has 1 N–H and O–H groups in total. The van der Waals surface area contributed by atoms with Gasteiger partial charge in [-0.05, 0) is 30.3 Å².